The van der Waals surface area contributed by atoms with Crippen LogP contribution in [0.25, 0.3) is 22.5 Å². The average Bonchev–Trinajstić information content (AvgIpc) is 2.84. The van der Waals surface area contributed by atoms with Crippen molar-refractivity contribution in [3.63, 3.8) is 0 Å². The molecule has 0 N–H and O–H groups in total. The molecule has 0 spiro atoms. The first kappa shape index (κ1) is 12.5. The second kappa shape index (κ2) is 4.64. The van der Waals surface area contributed by atoms with E-state index in [1.165, 1.54) is 22.3 Å². The first-order chi connectivity index (χ1) is 10.2. The van der Waals surface area contributed by atoms with E-state index in [9.17, 15) is 0 Å². The van der Waals surface area contributed by atoms with Gasteiger partial charge in [0.25, 0.3) is 0 Å². The van der Waals surface area contributed by atoms with Gasteiger partial charge < -0.3 is 0 Å². The molecule has 0 atom stereocenters. The Morgan fingerprint density at radius 3 is 2.48 bits per heavy atom. The zero-order valence-corrected chi connectivity index (χ0v) is 12.2. The molecule has 3 nitrogen and oxygen atoms in total. The molecule has 1 aromatic heterocycles. The molecule has 0 aliphatic heterocycles. The van der Waals surface area contributed by atoms with Crippen molar-refractivity contribution in [1.82, 2.24) is 15.0 Å². The number of fused-ring (bicyclic) bond motifs is 3. The van der Waals surface area contributed by atoms with Crippen molar-refractivity contribution in [3.8, 4) is 22.5 Å². The molecule has 21 heavy (non-hydrogen) atoms. The Labute approximate surface area is 127 Å². The third-order valence-corrected chi connectivity index (χ3v) is 3.95. The summed E-state index contributed by atoms with van der Waals surface area (Å²) in [5.41, 5.74) is 6.15. The highest BCUT2D eigenvalue weighted by atomic mass is 35.5. The van der Waals surface area contributed by atoms with Crippen molar-refractivity contribution >= 4 is 11.6 Å². The second-order valence-corrected chi connectivity index (χ2v) is 5.49. The van der Waals surface area contributed by atoms with Crippen LogP contribution in [-0.2, 0) is 6.42 Å². The Morgan fingerprint density at radius 1 is 0.857 bits per heavy atom. The largest absolute Gasteiger partial charge is 0.226 e. The van der Waals surface area contributed by atoms with Gasteiger partial charge in [-0.05, 0) is 47.2 Å². The fourth-order valence-electron chi connectivity index (χ4n) is 2.94. The fraction of sp³-hybridized carbons (Fsp3) is 0.118. The highest BCUT2D eigenvalue weighted by molar-refractivity contribution is 6.28. The highest BCUT2D eigenvalue weighted by Crippen LogP contribution is 2.41. The highest BCUT2D eigenvalue weighted by Gasteiger charge is 2.22. The summed E-state index contributed by atoms with van der Waals surface area (Å²) >= 11 is 5.99. The van der Waals surface area contributed by atoms with Crippen LogP contribution in [0.3, 0.4) is 0 Å². The first-order valence-corrected chi connectivity index (χ1v) is 7.19. The number of nitrogens with zero attached hydrogens (tertiary/aromatic N) is 3. The van der Waals surface area contributed by atoms with Gasteiger partial charge in [0.1, 0.15) is 5.82 Å². The average molecular weight is 294 g/mol. The quantitative estimate of drug-likeness (QED) is 0.531. The molecule has 0 saturated heterocycles. The zero-order chi connectivity index (χ0) is 14.4. The maximum Gasteiger partial charge on any atom is 0.226 e. The van der Waals surface area contributed by atoms with E-state index in [1.807, 2.05) is 19.1 Å². The maximum atomic E-state index is 5.99. The van der Waals surface area contributed by atoms with Crippen LogP contribution in [0, 0.1) is 6.92 Å². The van der Waals surface area contributed by atoms with Crippen LogP contribution < -0.4 is 0 Å². The third-order valence-electron chi connectivity index (χ3n) is 3.78. The van der Waals surface area contributed by atoms with Gasteiger partial charge in [-0.25, -0.2) is 9.97 Å². The maximum absolute atomic E-state index is 5.99. The van der Waals surface area contributed by atoms with Crippen LogP contribution in [0.4, 0.5) is 0 Å². The number of aromatic nitrogens is 3. The Bertz CT molecular complexity index is 838. The van der Waals surface area contributed by atoms with E-state index in [2.05, 4.69) is 45.3 Å². The lowest BCUT2D eigenvalue weighted by molar-refractivity contribution is 0.984. The zero-order valence-electron chi connectivity index (χ0n) is 11.5. The molecule has 2 aromatic carbocycles. The summed E-state index contributed by atoms with van der Waals surface area (Å²) in [6.07, 6.45) is 0.956. The van der Waals surface area contributed by atoms with Gasteiger partial charge in [0, 0.05) is 5.56 Å². The molecule has 0 saturated carbocycles. The van der Waals surface area contributed by atoms with E-state index in [0.29, 0.717) is 11.6 Å². The molecule has 4 heteroatoms. The second-order valence-electron chi connectivity index (χ2n) is 5.15. The van der Waals surface area contributed by atoms with Gasteiger partial charge in [0.05, 0.1) is 0 Å². The number of halogens is 1. The molecule has 0 fully saturated rings. The van der Waals surface area contributed by atoms with Crippen molar-refractivity contribution in [2.24, 2.45) is 0 Å². The first-order valence-electron chi connectivity index (χ1n) is 6.81. The summed E-state index contributed by atoms with van der Waals surface area (Å²) in [6, 6.07) is 14.7. The van der Waals surface area contributed by atoms with Crippen molar-refractivity contribution in [2.45, 2.75) is 13.3 Å². The Balaban J connectivity index is 2.00. The molecular weight excluding hydrogens is 282 g/mol. The number of hydrogen-bond acceptors (Lipinski definition) is 3. The van der Waals surface area contributed by atoms with E-state index in [-0.39, 0.29) is 5.28 Å². The van der Waals surface area contributed by atoms with Gasteiger partial charge in [0.2, 0.25) is 5.28 Å². The number of aryl methyl sites for hydroxylation is 1. The molecule has 1 aliphatic rings. The predicted octanol–water partition coefficient (Wildman–Crippen LogP) is 4.07. The van der Waals surface area contributed by atoms with E-state index in [1.54, 1.807) is 0 Å². The lowest BCUT2D eigenvalue weighted by Gasteiger charge is -2.09. The van der Waals surface area contributed by atoms with Crippen molar-refractivity contribution < 1.29 is 0 Å². The van der Waals surface area contributed by atoms with Crippen LogP contribution in [0.1, 0.15) is 17.0 Å². The lowest BCUT2D eigenvalue weighted by atomic mass is 9.99. The van der Waals surface area contributed by atoms with E-state index >= 15 is 0 Å². The lowest BCUT2D eigenvalue weighted by Crippen LogP contribution is -1.98. The summed E-state index contributed by atoms with van der Waals surface area (Å²) in [6.45, 7) is 1.83. The summed E-state index contributed by atoms with van der Waals surface area (Å²) in [4.78, 5) is 12.8. The fourth-order valence-corrected chi connectivity index (χ4v) is 3.15. The van der Waals surface area contributed by atoms with E-state index in [4.69, 9.17) is 11.6 Å². The van der Waals surface area contributed by atoms with Crippen LogP contribution in [0.5, 0.6) is 0 Å². The predicted molar refractivity (Wildman–Crippen MR) is 83.3 cm³/mol. The third kappa shape index (κ3) is 2.01. The SMILES string of the molecule is Cc1nc(Cl)nc(-c2cccc3c2-c2ccccc2C3)n1. The molecule has 1 heterocycles. The monoisotopic (exact) mass is 293 g/mol. The minimum absolute atomic E-state index is 0.237. The molecule has 0 bridgehead atoms. The van der Waals surface area contributed by atoms with Crippen molar-refractivity contribution in [2.75, 3.05) is 0 Å². The molecule has 0 unspecified atom stereocenters. The molecule has 0 amide bonds. The molecule has 0 radical (unpaired) electrons. The van der Waals surface area contributed by atoms with Crippen LogP contribution in [0.15, 0.2) is 42.5 Å². The minimum Gasteiger partial charge on any atom is -0.213 e. The summed E-state index contributed by atoms with van der Waals surface area (Å²) in [5, 5.41) is 0.237. The van der Waals surface area contributed by atoms with Gasteiger partial charge in [-0.3, -0.25) is 0 Å². The Hall–Kier alpha value is -2.26. The molecule has 102 valence electrons. The van der Waals surface area contributed by atoms with Crippen LogP contribution >= 0.6 is 11.6 Å². The van der Waals surface area contributed by atoms with Gasteiger partial charge in [0.15, 0.2) is 5.82 Å². The van der Waals surface area contributed by atoms with Gasteiger partial charge in [-0.15, -0.1) is 0 Å². The van der Waals surface area contributed by atoms with Crippen molar-refractivity contribution in [3.05, 3.63) is 64.7 Å². The van der Waals surface area contributed by atoms with Gasteiger partial charge >= 0.3 is 0 Å². The smallest absolute Gasteiger partial charge is 0.213 e. The number of rotatable bonds is 1. The number of benzene rings is 2. The Morgan fingerprint density at radius 2 is 1.62 bits per heavy atom. The molecule has 3 aromatic rings. The van der Waals surface area contributed by atoms with Gasteiger partial charge in [-0.1, -0.05) is 42.5 Å². The topological polar surface area (TPSA) is 38.7 Å². The molecule has 1 aliphatic carbocycles. The minimum atomic E-state index is 0.237. The van der Waals surface area contributed by atoms with Gasteiger partial charge in [-0.2, -0.15) is 4.98 Å². The number of hydrogen-bond donors (Lipinski definition) is 0. The summed E-state index contributed by atoms with van der Waals surface area (Å²) in [5.74, 6) is 1.27. The van der Waals surface area contributed by atoms with E-state index in [0.717, 1.165) is 12.0 Å². The molecule has 4 rings (SSSR count). The van der Waals surface area contributed by atoms with Crippen molar-refractivity contribution in [1.29, 1.82) is 0 Å². The summed E-state index contributed by atoms with van der Waals surface area (Å²) in [7, 11) is 0. The Kier molecular flexibility index (Phi) is 2.76. The van der Waals surface area contributed by atoms with Crippen LogP contribution in [0.2, 0.25) is 5.28 Å². The summed E-state index contributed by atoms with van der Waals surface area (Å²) < 4.78 is 0. The van der Waals surface area contributed by atoms with E-state index < -0.39 is 0 Å². The van der Waals surface area contributed by atoms with Crippen LogP contribution in [-0.4, -0.2) is 15.0 Å². The normalized spacial score (nSPS) is 12.1. The molecular formula is C17H12ClN3. The standard InChI is InChI=1S/C17H12ClN3/c1-10-19-16(21-17(18)20-10)14-8-4-6-12-9-11-5-2-3-7-13(11)15(12)14/h2-8H,9H2,1H3.